The van der Waals surface area contributed by atoms with Crippen LogP contribution in [0.1, 0.15) is 53.9 Å². The maximum atomic E-state index is 11.4. The minimum atomic E-state index is -0.441. The van der Waals surface area contributed by atoms with Crippen LogP contribution in [0.3, 0.4) is 0 Å². The number of amides is 1. The van der Waals surface area contributed by atoms with Crippen LogP contribution in [0, 0.1) is 5.41 Å². The van der Waals surface area contributed by atoms with Gasteiger partial charge in [0.2, 0.25) is 0 Å². The number of hydrogen-bond acceptors (Lipinski definition) is 3. The van der Waals surface area contributed by atoms with Gasteiger partial charge in [0, 0.05) is 19.1 Å². The number of nitrogens with one attached hydrogen (secondary N) is 2. The fraction of sp³-hybridized carbons (Fsp3) is 0.812. The zero-order chi connectivity index (χ0) is 15.2. The molecule has 0 saturated heterocycles. The van der Waals surface area contributed by atoms with Gasteiger partial charge < -0.3 is 15.4 Å². The van der Waals surface area contributed by atoms with Gasteiger partial charge in [0.15, 0.2) is 0 Å². The second kappa shape index (κ2) is 7.11. The molecule has 0 aliphatic heterocycles. The number of hydrogen-bond donors (Lipinski definition) is 2. The standard InChI is InChI=1S/C16H30N2O2/c1-15(2,3)20-14(19)18-12-7-6-11-17-13-9-8-10-16(13,4)5/h6-7,13,17H,8-12H2,1-5H3,(H,18,19)/b7-6+. The molecule has 1 rings (SSSR count). The van der Waals surface area contributed by atoms with E-state index in [4.69, 9.17) is 4.74 Å². The summed E-state index contributed by atoms with van der Waals surface area (Å²) in [6.45, 7) is 11.6. The van der Waals surface area contributed by atoms with E-state index in [-0.39, 0.29) is 6.09 Å². The largest absolute Gasteiger partial charge is 0.444 e. The van der Waals surface area contributed by atoms with Gasteiger partial charge in [-0.15, -0.1) is 0 Å². The molecule has 1 saturated carbocycles. The summed E-state index contributed by atoms with van der Waals surface area (Å²) in [6, 6.07) is 0.603. The Bertz CT molecular complexity index is 343. The van der Waals surface area contributed by atoms with E-state index in [0.29, 0.717) is 18.0 Å². The summed E-state index contributed by atoms with van der Waals surface area (Å²) in [5.41, 5.74) is -0.0357. The van der Waals surface area contributed by atoms with E-state index in [0.717, 1.165) is 6.54 Å². The highest BCUT2D eigenvalue weighted by Crippen LogP contribution is 2.36. The van der Waals surface area contributed by atoms with Crippen molar-refractivity contribution < 1.29 is 9.53 Å². The van der Waals surface area contributed by atoms with E-state index in [1.807, 2.05) is 26.8 Å². The third-order valence-electron chi connectivity index (χ3n) is 3.67. The summed E-state index contributed by atoms with van der Waals surface area (Å²) < 4.78 is 5.15. The summed E-state index contributed by atoms with van der Waals surface area (Å²) in [7, 11) is 0. The third-order valence-corrected chi connectivity index (χ3v) is 3.67. The number of rotatable bonds is 5. The summed E-state index contributed by atoms with van der Waals surface area (Å²) in [5, 5.41) is 6.28. The van der Waals surface area contributed by atoms with Crippen LogP contribution >= 0.6 is 0 Å². The van der Waals surface area contributed by atoms with Crippen molar-refractivity contribution in [2.45, 2.75) is 65.5 Å². The fourth-order valence-electron chi connectivity index (χ4n) is 2.54. The molecule has 1 amide bonds. The van der Waals surface area contributed by atoms with Gasteiger partial charge in [-0.25, -0.2) is 4.79 Å². The molecule has 116 valence electrons. The minimum absolute atomic E-state index is 0.368. The van der Waals surface area contributed by atoms with Gasteiger partial charge >= 0.3 is 6.09 Å². The highest BCUT2D eigenvalue weighted by molar-refractivity contribution is 5.67. The van der Waals surface area contributed by atoms with E-state index in [1.54, 1.807) is 0 Å². The summed E-state index contributed by atoms with van der Waals surface area (Å²) in [4.78, 5) is 11.4. The number of carbonyl (C=O) groups is 1. The Labute approximate surface area is 123 Å². The third kappa shape index (κ3) is 6.42. The predicted molar refractivity (Wildman–Crippen MR) is 82.8 cm³/mol. The van der Waals surface area contributed by atoms with Gasteiger partial charge in [-0.05, 0) is 39.0 Å². The Morgan fingerprint density at radius 1 is 1.30 bits per heavy atom. The van der Waals surface area contributed by atoms with Crippen molar-refractivity contribution in [3.05, 3.63) is 12.2 Å². The van der Waals surface area contributed by atoms with Crippen LogP contribution in [-0.4, -0.2) is 30.8 Å². The number of carbonyl (C=O) groups excluding carboxylic acids is 1. The Morgan fingerprint density at radius 3 is 2.50 bits per heavy atom. The first-order chi connectivity index (χ1) is 9.21. The van der Waals surface area contributed by atoms with Crippen molar-refractivity contribution in [2.75, 3.05) is 13.1 Å². The van der Waals surface area contributed by atoms with Crippen molar-refractivity contribution in [1.82, 2.24) is 10.6 Å². The number of ether oxygens (including phenoxy) is 1. The average molecular weight is 282 g/mol. The normalized spacial score (nSPS) is 22.1. The van der Waals surface area contributed by atoms with E-state index in [1.165, 1.54) is 19.3 Å². The molecule has 1 fully saturated rings. The molecule has 1 unspecified atom stereocenters. The molecule has 4 heteroatoms. The van der Waals surface area contributed by atoms with Crippen LogP contribution in [0.2, 0.25) is 0 Å². The van der Waals surface area contributed by atoms with Crippen LogP contribution in [-0.2, 0) is 4.74 Å². The van der Waals surface area contributed by atoms with Crippen molar-refractivity contribution in [2.24, 2.45) is 5.41 Å². The lowest BCUT2D eigenvalue weighted by Crippen LogP contribution is -2.37. The first kappa shape index (κ1) is 17.0. The van der Waals surface area contributed by atoms with E-state index >= 15 is 0 Å². The molecule has 2 N–H and O–H groups in total. The summed E-state index contributed by atoms with van der Waals surface area (Å²) >= 11 is 0. The lowest BCUT2D eigenvalue weighted by Gasteiger charge is -2.27. The smallest absolute Gasteiger partial charge is 0.407 e. The van der Waals surface area contributed by atoms with Crippen molar-refractivity contribution >= 4 is 6.09 Å². The fourth-order valence-corrected chi connectivity index (χ4v) is 2.54. The molecule has 0 aromatic rings. The first-order valence-electron chi connectivity index (χ1n) is 7.56. The molecule has 0 aromatic heterocycles. The molecule has 20 heavy (non-hydrogen) atoms. The Hall–Kier alpha value is -1.03. The van der Waals surface area contributed by atoms with Gasteiger partial charge in [-0.2, -0.15) is 0 Å². The molecule has 0 spiro atoms. The maximum absolute atomic E-state index is 11.4. The zero-order valence-electron chi connectivity index (χ0n) is 13.6. The van der Waals surface area contributed by atoms with Crippen LogP contribution in [0.15, 0.2) is 12.2 Å². The maximum Gasteiger partial charge on any atom is 0.407 e. The molecule has 0 aromatic carbocycles. The van der Waals surface area contributed by atoms with Gasteiger partial charge in [0.25, 0.3) is 0 Å². The van der Waals surface area contributed by atoms with Crippen LogP contribution in [0.5, 0.6) is 0 Å². The van der Waals surface area contributed by atoms with Gasteiger partial charge in [-0.3, -0.25) is 0 Å². The average Bonchev–Trinajstić information content (AvgIpc) is 2.60. The van der Waals surface area contributed by atoms with Crippen molar-refractivity contribution in [3.8, 4) is 0 Å². The minimum Gasteiger partial charge on any atom is -0.444 e. The van der Waals surface area contributed by atoms with Crippen molar-refractivity contribution in [1.29, 1.82) is 0 Å². The lowest BCUT2D eigenvalue weighted by molar-refractivity contribution is 0.0534. The Morgan fingerprint density at radius 2 is 1.95 bits per heavy atom. The Balaban J connectivity index is 2.12. The van der Waals surface area contributed by atoms with Crippen LogP contribution < -0.4 is 10.6 Å². The molecule has 1 aliphatic carbocycles. The summed E-state index contributed by atoms with van der Waals surface area (Å²) in [5.74, 6) is 0. The van der Waals surface area contributed by atoms with Crippen LogP contribution in [0.4, 0.5) is 4.79 Å². The predicted octanol–water partition coefficient (Wildman–Crippen LogP) is 3.24. The van der Waals surface area contributed by atoms with E-state index < -0.39 is 5.60 Å². The quantitative estimate of drug-likeness (QED) is 0.761. The lowest BCUT2D eigenvalue weighted by atomic mass is 9.87. The van der Waals surface area contributed by atoms with Crippen molar-refractivity contribution in [3.63, 3.8) is 0 Å². The SMILES string of the molecule is CC(C)(C)OC(=O)NC/C=C/CNC1CCCC1(C)C. The summed E-state index contributed by atoms with van der Waals surface area (Å²) in [6.07, 6.45) is 7.53. The highest BCUT2D eigenvalue weighted by Gasteiger charge is 2.33. The van der Waals surface area contributed by atoms with Gasteiger partial charge in [0.05, 0.1) is 0 Å². The molecule has 0 radical (unpaired) electrons. The molecule has 1 atom stereocenters. The van der Waals surface area contributed by atoms with Gasteiger partial charge in [0.1, 0.15) is 5.60 Å². The Kier molecular flexibility index (Phi) is 6.06. The molecule has 1 aliphatic rings. The molecular weight excluding hydrogens is 252 g/mol. The zero-order valence-corrected chi connectivity index (χ0v) is 13.6. The topological polar surface area (TPSA) is 50.4 Å². The van der Waals surface area contributed by atoms with Crippen LogP contribution in [0.25, 0.3) is 0 Å². The second-order valence-corrected chi connectivity index (χ2v) is 7.20. The van der Waals surface area contributed by atoms with E-state index in [2.05, 4.69) is 30.6 Å². The van der Waals surface area contributed by atoms with Gasteiger partial charge in [-0.1, -0.05) is 32.4 Å². The molecule has 0 heterocycles. The molecule has 4 nitrogen and oxygen atoms in total. The second-order valence-electron chi connectivity index (χ2n) is 7.20. The number of alkyl carbamates (subject to hydrolysis) is 1. The van der Waals surface area contributed by atoms with E-state index in [9.17, 15) is 4.79 Å². The highest BCUT2D eigenvalue weighted by atomic mass is 16.6. The molecular formula is C16H30N2O2. The molecule has 0 bridgehead atoms. The monoisotopic (exact) mass is 282 g/mol. The first-order valence-corrected chi connectivity index (χ1v) is 7.56.